The fourth-order valence-electron chi connectivity index (χ4n) is 2.45. The molecule has 0 amide bonds. The summed E-state index contributed by atoms with van der Waals surface area (Å²) in [4.78, 5) is 10.6. The van der Waals surface area contributed by atoms with Crippen molar-refractivity contribution in [3.05, 3.63) is 45.4 Å². The maximum Gasteiger partial charge on any atom is 0.191 e. The first kappa shape index (κ1) is 23.2. The van der Waals surface area contributed by atoms with Gasteiger partial charge in [-0.2, -0.15) is 0 Å². The first-order valence-corrected chi connectivity index (χ1v) is 10.8. The van der Waals surface area contributed by atoms with Gasteiger partial charge in [-0.05, 0) is 50.6 Å². The molecule has 0 spiro atoms. The van der Waals surface area contributed by atoms with Gasteiger partial charge in [0.05, 0.1) is 11.6 Å². The van der Waals surface area contributed by atoms with Crippen LogP contribution < -0.4 is 10.6 Å². The van der Waals surface area contributed by atoms with Crippen molar-refractivity contribution >= 4 is 53.0 Å². The van der Waals surface area contributed by atoms with E-state index in [9.17, 15) is 0 Å². The lowest BCUT2D eigenvalue weighted by Crippen LogP contribution is -2.37. The fourth-order valence-corrected chi connectivity index (χ4v) is 3.97. The van der Waals surface area contributed by atoms with E-state index in [0.717, 1.165) is 37.6 Å². The number of halogens is 1. The average Bonchev–Trinajstić information content (AvgIpc) is 3.02. The Kier molecular flexibility index (Phi) is 11.2. The summed E-state index contributed by atoms with van der Waals surface area (Å²) in [6.45, 7) is 8.71. The van der Waals surface area contributed by atoms with E-state index in [1.165, 1.54) is 21.0 Å². The minimum Gasteiger partial charge on any atom is -0.357 e. The lowest BCUT2D eigenvalue weighted by atomic mass is 10.1. The number of thiazole rings is 1. The lowest BCUT2D eigenvalue weighted by molar-refractivity contribution is 0.740. The van der Waals surface area contributed by atoms with Crippen LogP contribution in [-0.4, -0.2) is 30.3 Å². The molecule has 2 aromatic rings. The van der Waals surface area contributed by atoms with Crippen molar-refractivity contribution in [2.75, 3.05) is 19.3 Å². The number of aromatic nitrogens is 1. The van der Waals surface area contributed by atoms with Crippen molar-refractivity contribution in [2.24, 2.45) is 4.99 Å². The van der Waals surface area contributed by atoms with Gasteiger partial charge >= 0.3 is 0 Å². The third-order valence-corrected chi connectivity index (χ3v) is 5.57. The van der Waals surface area contributed by atoms with E-state index in [1.54, 1.807) is 23.1 Å². The van der Waals surface area contributed by atoms with Gasteiger partial charge in [-0.3, -0.25) is 0 Å². The number of nitrogens with one attached hydrogen (secondary N) is 2. The lowest BCUT2D eigenvalue weighted by Gasteiger charge is -2.12. The van der Waals surface area contributed by atoms with E-state index in [4.69, 9.17) is 4.99 Å². The van der Waals surface area contributed by atoms with Crippen molar-refractivity contribution in [3.8, 4) is 0 Å². The molecule has 0 fully saturated rings. The van der Waals surface area contributed by atoms with E-state index in [0.29, 0.717) is 6.54 Å². The van der Waals surface area contributed by atoms with Crippen LogP contribution in [-0.2, 0) is 13.0 Å². The largest absolute Gasteiger partial charge is 0.357 e. The van der Waals surface area contributed by atoms with Gasteiger partial charge in [-0.25, -0.2) is 9.98 Å². The second kappa shape index (κ2) is 12.6. The minimum absolute atomic E-state index is 0. The predicted molar refractivity (Wildman–Crippen MR) is 126 cm³/mol. The summed E-state index contributed by atoms with van der Waals surface area (Å²) in [6, 6.07) is 6.56. The zero-order chi connectivity index (χ0) is 18.1. The third kappa shape index (κ3) is 7.84. The highest BCUT2D eigenvalue weighted by atomic mass is 127. The molecule has 4 nitrogen and oxygen atoms in total. The SMILES string of the molecule is CCNC(=NCc1ccc(C)cc1SC)NCCCc1nc(C)cs1.I. The number of thioether (sulfide) groups is 1. The minimum atomic E-state index is 0. The summed E-state index contributed by atoms with van der Waals surface area (Å²) in [6.07, 6.45) is 4.18. The molecular weight excluding hydrogens is 475 g/mol. The molecule has 0 aliphatic heterocycles. The second-order valence-corrected chi connectivity index (χ2v) is 7.71. The molecule has 0 unspecified atom stereocenters. The molecule has 144 valence electrons. The highest BCUT2D eigenvalue weighted by molar-refractivity contribution is 14.0. The van der Waals surface area contributed by atoms with Gasteiger partial charge in [0, 0.05) is 35.5 Å². The standard InChI is InChI=1S/C19H28N4S2.HI/c1-5-20-19(21-10-6-7-18-23-15(3)13-25-18)22-12-16-9-8-14(2)11-17(16)24-4;/h8-9,11,13H,5-7,10,12H2,1-4H3,(H2,20,21,22);1H. The van der Waals surface area contributed by atoms with Crippen LogP contribution in [0, 0.1) is 13.8 Å². The Morgan fingerprint density at radius 3 is 2.73 bits per heavy atom. The van der Waals surface area contributed by atoms with E-state index < -0.39 is 0 Å². The number of hydrogen-bond donors (Lipinski definition) is 2. The smallest absolute Gasteiger partial charge is 0.191 e. The highest BCUT2D eigenvalue weighted by Gasteiger charge is 2.03. The average molecular weight is 505 g/mol. The Balaban J connectivity index is 0.00000338. The monoisotopic (exact) mass is 504 g/mol. The predicted octanol–water partition coefficient (Wildman–Crippen LogP) is 4.79. The van der Waals surface area contributed by atoms with Crippen molar-refractivity contribution in [1.82, 2.24) is 15.6 Å². The molecule has 1 aromatic heterocycles. The number of guanidine groups is 1. The Bertz CT molecular complexity index is 701. The Hall–Kier alpha value is -0.800. The molecule has 7 heteroatoms. The quantitative estimate of drug-likeness (QED) is 0.179. The molecule has 0 saturated heterocycles. The Labute approximate surface area is 182 Å². The van der Waals surface area contributed by atoms with Gasteiger partial charge in [0.25, 0.3) is 0 Å². The van der Waals surface area contributed by atoms with E-state index in [-0.39, 0.29) is 24.0 Å². The molecule has 2 rings (SSSR count). The number of rotatable bonds is 8. The molecule has 1 heterocycles. The van der Waals surface area contributed by atoms with E-state index in [2.05, 4.69) is 59.3 Å². The van der Waals surface area contributed by atoms with Gasteiger partial charge in [-0.1, -0.05) is 12.1 Å². The van der Waals surface area contributed by atoms with Gasteiger partial charge in [0.2, 0.25) is 0 Å². The van der Waals surface area contributed by atoms with Crippen LogP contribution >= 0.6 is 47.1 Å². The van der Waals surface area contributed by atoms with Crippen LogP contribution in [0.2, 0.25) is 0 Å². The fraction of sp³-hybridized carbons (Fsp3) is 0.474. The van der Waals surface area contributed by atoms with Gasteiger partial charge < -0.3 is 10.6 Å². The molecule has 0 bridgehead atoms. The molecule has 0 aliphatic carbocycles. The maximum atomic E-state index is 4.74. The molecular formula is C19H29IN4S2. The van der Waals surface area contributed by atoms with Crippen molar-refractivity contribution in [3.63, 3.8) is 0 Å². The summed E-state index contributed by atoms with van der Waals surface area (Å²) in [5.74, 6) is 0.880. The number of aryl methyl sites for hydroxylation is 3. The summed E-state index contributed by atoms with van der Waals surface area (Å²) in [7, 11) is 0. The number of aliphatic imine (C=N–C) groups is 1. The Morgan fingerprint density at radius 2 is 2.08 bits per heavy atom. The first-order valence-electron chi connectivity index (χ1n) is 8.69. The van der Waals surface area contributed by atoms with Crippen LogP contribution in [0.4, 0.5) is 0 Å². The topological polar surface area (TPSA) is 49.3 Å². The van der Waals surface area contributed by atoms with E-state index >= 15 is 0 Å². The van der Waals surface area contributed by atoms with Crippen LogP contribution in [0.1, 0.15) is 35.2 Å². The molecule has 1 aromatic carbocycles. The highest BCUT2D eigenvalue weighted by Crippen LogP contribution is 2.22. The molecule has 0 radical (unpaired) electrons. The van der Waals surface area contributed by atoms with Crippen LogP contribution in [0.5, 0.6) is 0 Å². The summed E-state index contributed by atoms with van der Waals surface area (Å²) in [5, 5.41) is 10.1. The number of hydrogen-bond acceptors (Lipinski definition) is 4. The molecule has 0 aliphatic rings. The van der Waals surface area contributed by atoms with Crippen molar-refractivity contribution < 1.29 is 0 Å². The second-order valence-electron chi connectivity index (χ2n) is 5.92. The van der Waals surface area contributed by atoms with Gasteiger partial charge in [0.1, 0.15) is 0 Å². The third-order valence-electron chi connectivity index (χ3n) is 3.72. The molecule has 26 heavy (non-hydrogen) atoms. The molecule has 2 N–H and O–H groups in total. The van der Waals surface area contributed by atoms with Crippen molar-refractivity contribution in [1.29, 1.82) is 0 Å². The number of benzene rings is 1. The number of nitrogens with zero attached hydrogens (tertiary/aromatic N) is 2. The molecule has 0 atom stereocenters. The maximum absolute atomic E-state index is 4.74. The van der Waals surface area contributed by atoms with Crippen molar-refractivity contribution in [2.45, 2.75) is 45.1 Å². The summed E-state index contributed by atoms with van der Waals surface area (Å²) in [5.41, 5.74) is 3.68. The summed E-state index contributed by atoms with van der Waals surface area (Å²) >= 11 is 3.52. The zero-order valence-electron chi connectivity index (χ0n) is 16.0. The normalized spacial score (nSPS) is 11.2. The Morgan fingerprint density at radius 1 is 1.27 bits per heavy atom. The van der Waals surface area contributed by atoms with Gasteiger partial charge in [0.15, 0.2) is 5.96 Å². The van der Waals surface area contributed by atoms with Crippen LogP contribution in [0.25, 0.3) is 0 Å². The first-order chi connectivity index (χ1) is 12.1. The zero-order valence-corrected chi connectivity index (χ0v) is 19.9. The van der Waals surface area contributed by atoms with Crippen LogP contribution in [0.3, 0.4) is 0 Å². The van der Waals surface area contributed by atoms with Crippen LogP contribution in [0.15, 0.2) is 33.5 Å². The van der Waals surface area contributed by atoms with E-state index in [1.807, 2.05) is 6.92 Å². The van der Waals surface area contributed by atoms with Gasteiger partial charge in [-0.15, -0.1) is 47.1 Å². The summed E-state index contributed by atoms with van der Waals surface area (Å²) < 4.78 is 0. The molecule has 0 saturated carbocycles.